The molecule has 2 aliphatic heterocycles. The number of hydrogen-bond donors (Lipinski definition) is 1. The van der Waals surface area contributed by atoms with Gasteiger partial charge in [0, 0.05) is 37.9 Å². The van der Waals surface area contributed by atoms with E-state index in [1.165, 1.54) is 11.3 Å². The summed E-state index contributed by atoms with van der Waals surface area (Å²) in [7, 11) is 4.08. The molecule has 0 aliphatic carbocycles. The number of nitrogens with one attached hydrogen (secondary N) is 1. The SMILES string of the molecule is CN1CCC(N(C)C(=O)c2ccccc2N2CCC(NC(=O)c3cccs3)CC2)CC1. The average Bonchev–Trinajstić information content (AvgIpc) is 3.34. The number of anilines is 1. The lowest BCUT2D eigenvalue weighted by molar-refractivity contribution is 0.0660. The van der Waals surface area contributed by atoms with Crippen LogP contribution in [0.5, 0.6) is 0 Å². The predicted octanol–water partition coefficient (Wildman–Crippen LogP) is 3.31. The summed E-state index contributed by atoms with van der Waals surface area (Å²) < 4.78 is 0. The molecule has 1 aromatic heterocycles. The smallest absolute Gasteiger partial charge is 0.261 e. The molecule has 4 rings (SSSR count). The highest BCUT2D eigenvalue weighted by atomic mass is 32.1. The van der Waals surface area contributed by atoms with Gasteiger partial charge in [-0.15, -0.1) is 11.3 Å². The van der Waals surface area contributed by atoms with E-state index < -0.39 is 0 Å². The topological polar surface area (TPSA) is 55.9 Å². The van der Waals surface area contributed by atoms with Crippen molar-refractivity contribution in [1.82, 2.24) is 15.1 Å². The van der Waals surface area contributed by atoms with Gasteiger partial charge in [0.15, 0.2) is 0 Å². The van der Waals surface area contributed by atoms with E-state index in [1.54, 1.807) is 0 Å². The molecule has 0 atom stereocenters. The zero-order valence-corrected chi connectivity index (χ0v) is 19.2. The molecule has 2 saturated heterocycles. The molecule has 7 heteroatoms. The number of likely N-dealkylation sites (tertiary alicyclic amines) is 1. The maximum absolute atomic E-state index is 13.4. The molecule has 0 saturated carbocycles. The highest BCUT2D eigenvalue weighted by Gasteiger charge is 2.28. The Morgan fingerprint density at radius 3 is 2.39 bits per heavy atom. The molecule has 2 aromatic rings. The monoisotopic (exact) mass is 440 g/mol. The normalized spacial score (nSPS) is 18.7. The summed E-state index contributed by atoms with van der Waals surface area (Å²) in [4.78, 5) is 33.0. The van der Waals surface area contributed by atoms with E-state index in [2.05, 4.69) is 28.2 Å². The summed E-state index contributed by atoms with van der Waals surface area (Å²) >= 11 is 1.47. The maximum atomic E-state index is 13.4. The summed E-state index contributed by atoms with van der Waals surface area (Å²) in [5.41, 5.74) is 1.79. The van der Waals surface area contributed by atoms with Gasteiger partial charge in [-0.3, -0.25) is 9.59 Å². The Balaban J connectivity index is 1.38. The molecule has 31 heavy (non-hydrogen) atoms. The first kappa shape index (κ1) is 21.8. The first-order valence-corrected chi connectivity index (χ1v) is 12.0. The quantitative estimate of drug-likeness (QED) is 0.775. The Kier molecular flexibility index (Phi) is 6.92. The number of carbonyl (C=O) groups excluding carboxylic acids is 2. The number of piperidine rings is 2. The molecule has 166 valence electrons. The summed E-state index contributed by atoms with van der Waals surface area (Å²) in [6.45, 7) is 3.73. The van der Waals surface area contributed by atoms with Crippen LogP contribution in [0.15, 0.2) is 41.8 Å². The number of amides is 2. The Morgan fingerprint density at radius 2 is 1.71 bits per heavy atom. The first-order chi connectivity index (χ1) is 15.0. The molecule has 0 spiro atoms. The standard InChI is InChI=1S/C24H32N4O2S/c1-26-13-11-19(12-14-26)27(2)24(30)20-6-3-4-7-21(20)28-15-9-18(10-16-28)25-23(29)22-8-5-17-31-22/h3-8,17-19H,9-16H2,1-2H3,(H,25,29). The van der Waals surface area contributed by atoms with E-state index in [4.69, 9.17) is 0 Å². The summed E-state index contributed by atoms with van der Waals surface area (Å²) in [6.07, 6.45) is 3.81. The van der Waals surface area contributed by atoms with Crippen molar-refractivity contribution >= 4 is 28.8 Å². The number of rotatable bonds is 5. The first-order valence-electron chi connectivity index (χ1n) is 11.2. The van der Waals surface area contributed by atoms with E-state index in [-0.39, 0.29) is 17.9 Å². The van der Waals surface area contributed by atoms with Gasteiger partial charge in [-0.05, 0) is 69.4 Å². The minimum Gasteiger partial charge on any atom is -0.371 e. The van der Waals surface area contributed by atoms with Gasteiger partial charge in [-0.2, -0.15) is 0 Å². The van der Waals surface area contributed by atoms with Crippen LogP contribution in [-0.4, -0.2) is 74.0 Å². The van der Waals surface area contributed by atoms with E-state index in [0.717, 1.165) is 68.0 Å². The summed E-state index contributed by atoms with van der Waals surface area (Å²) in [6, 6.07) is 12.2. The minimum atomic E-state index is 0.0174. The molecule has 2 fully saturated rings. The number of nitrogens with zero attached hydrogens (tertiary/aromatic N) is 3. The molecule has 2 aliphatic rings. The van der Waals surface area contributed by atoms with Crippen molar-refractivity contribution in [2.24, 2.45) is 0 Å². The third-order valence-electron chi connectivity index (χ3n) is 6.61. The van der Waals surface area contributed by atoms with Crippen LogP contribution >= 0.6 is 11.3 Å². The summed E-state index contributed by atoms with van der Waals surface area (Å²) in [5, 5.41) is 5.09. The number of thiophene rings is 1. The van der Waals surface area contributed by atoms with Crippen molar-refractivity contribution in [2.45, 2.75) is 37.8 Å². The van der Waals surface area contributed by atoms with Gasteiger partial charge < -0.3 is 20.0 Å². The third kappa shape index (κ3) is 5.10. The molecule has 3 heterocycles. The molecule has 1 N–H and O–H groups in total. The second-order valence-electron chi connectivity index (χ2n) is 8.68. The Bertz CT molecular complexity index is 885. The van der Waals surface area contributed by atoms with Gasteiger partial charge in [-0.25, -0.2) is 0 Å². The highest BCUT2D eigenvalue weighted by Crippen LogP contribution is 2.27. The molecule has 0 unspecified atom stereocenters. The fraction of sp³-hybridized carbons (Fsp3) is 0.500. The number of carbonyl (C=O) groups is 2. The Hall–Kier alpha value is -2.38. The van der Waals surface area contributed by atoms with Crippen molar-refractivity contribution in [3.05, 3.63) is 52.2 Å². The van der Waals surface area contributed by atoms with E-state index in [1.807, 2.05) is 47.7 Å². The lowest BCUT2D eigenvalue weighted by atomic mass is 10.0. The molecule has 2 amide bonds. The lowest BCUT2D eigenvalue weighted by Crippen LogP contribution is -2.46. The van der Waals surface area contributed by atoms with Gasteiger partial charge in [0.1, 0.15) is 0 Å². The van der Waals surface area contributed by atoms with Crippen molar-refractivity contribution in [3.8, 4) is 0 Å². The second kappa shape index (κ2) is 9.83. The number of benzene rings is 1. The van der Waals surface area contributed by atoms with Gasteiger partial charge >= 0.3 is 0 Å². The zero-order chi connectivity index (χ0) is 21.8. The summed E-state index contributed by atoms with van der Waals surface area (Å²) in [5.74, 6) is 0.127. The number of hydrogen-bond acceptors (Lipinski definition) is 5. The van der Waals surface area contributed by atoms with Gasteiger partial charge in [0.05, 0.1) is 10.4 Å². The van der Waals surface area contributed by atoms with Gasteiger partial charge in [-0.1, -0.05) is 18.2 Å². The Labute approximate surface area is 188 Å². The van der Waals surface area contributed by atoms with Crippen molar-refractivity contribution in [2.75, 3.05) is 45.2 Å². The second-order valence-corrected chi connectivity index (χ2v) is 9.63. The van der Waals surface area contributed by atoms with Crippen molar-refractivity contribution in [1.29, 1.82) is 0 Å². The molecule has 0 radical (unpaired) electrons. The Morgan fingerprint density at radius 1 is 1.00 bits per heavy atom. The number of para-hydroxylation sites is 1. The molecular weight excluding hydrogens is 408 g/mol. The average molecular weight is 441 g/mol. The predicted molar refractivity (Wildman–Crippen MR) is 126 cm³/mol. The van der Waals surface area contributed by atoms with Gasteiger partial charge in [0.25, 0.3) is 11.8 Å². The van der Waals surface area contributed by atoms with Crippen molar-refractivity contribution < 1.29 is 9.59 Å². The van der Waals surface area contributed by atoms with Crippen LogP contribution in [0.3, 0.4) is 0 Å². The largest absolute Gasteiger partial charge is 0.371 e. The van der Waals surface area contributed by atoms with E-state index >= 15 is 0 Å². The van der Waals surface area contributed by atoms with Crippen LogP contribution in [0.4, 0.5) is 5.69 Å². The third-order valence-corrected chi connectivity index (χ3v) is 7.48. The molecular formula is C24H32N4O2S. The van der Waals surface area contributed by atoms with Crippen LogP contribution in [-0.2, 0) is 0 Å². The van der Waals surface area contributed by atoms with E-state index in [9.17, 15) is 9.59 Å². The lowest BCUT2D eigenvalue weighted by Gasteiger charge is -2.37. The van der Waals surface area contributed by atoms with Crippen LogP contribution < -0.4 is 10.2 Å². The van der Waals surface area contributed by atoms with Crippen molar-refractivity contribution in [3.63, 3.8) is 0 Å². The maximum Gasteiger partial charge on any atom is 0.261 e. The fourth-order valence-corrected chi connectivity index (χ4v) is 5.22. The van der Waals surface area contributed by atoms with E-state index in [0.29, 0.717) is 6.04 Å². The highest BCUT2D eigenvalue weighted by molar-refractivity contribution is 7.12. The zero-order valence-electron chi connectivity index (χ0n) is 18.4. The van der Waals surface area contributed by atoms with Crippen LogP contribution in [0.2, 0.25) is 0 Å². The molecule has 0 bridgehead atoms. The minimum absolute atomic E-state index is 0.0174. The van der Waals surface area contributed by atoms with Crippen LogP contribution in [0.25, 0.3) is 0 Å². The van der Waals surface area contributed by atoms with Gasteiger partial charge in [0.2, 0.25) is 0 Å². The molecule has 6 nitrogen and oxygen atoms in total. The van der Waals surface area contributed by atoms with Crippen LogP contribution in [0.1, 0.15) is 45.7 Å². The van der Waals surface area contributed by atoms with Crippen LogP contribution in [0, 0.1) is 0 Å². The molecule has 1 aromatic carbocycles. The fourth-order valence-electron chi connectivity index (χ4n) is 4.60.